The molecule has 0 radical (unpaired) electrons. The number of halogens is 6. The van der Waals surface area contributed by atoms with Gasteiger partial charge in [0.25, 0.3) is 0 Å². The Morgan fingerprint density at radius 3 is 1.77 bits per heavy atom. The average molecular weight is 480 g/mol. The van der Waals surface area contributed by atoms with Crippen molar-refractivity contribution in [3.05, 3.63) is 107 Å². The summed E-state index contributed by atoms with van der Waals surface area (Å²) in [4.78, 5) is 0. The molecule has 0 N–H and O–H groups in total. The number of hydrogen-bond acceptors (Lipinski definition) is 0. The van der Waals surface area contributed by atoms with Crippen LogP contribution >= 0.6 is 0 Å². The zero-order valence-electron chi connectivity index (χ0n) is 18.2. The molecule has 0 atom stereocenters. The summed E-state index contributed by atoms with van der Waals surface area (Å²) in [5, 5.41) is 3.49. The third-order valence-corrected chi connectivity index (χ3v) is 6.15. The maximum atomic E-state index is 12.9. The van der Waals surface area contributed by atoms with Gasteiger partial charge < -0.3 is 0 Å². The summed E-state index contributed by atoms with van der Waals surface area (Å²) in [7, 11) is 0. The fraction of sp³-hybridized carbons (Fsp3) is 0.103. The van der Waals surface area contributed by atoms with Crippen molar-refractivity contribution >= 4 is 44.0 Å². The second-order valence-corrected chi connectivity index (χ2v) is 8.34. The van der Waals surface area contributed by atoms with Crippen molar-refractivity contribution in [1.82, 2.24) is 0 Å². The molecule has 0 saturated carbocycles. The molecule has 0 aromatic heterocycles. The van der Waals surface area contributed by atoms with Gasteiger partial charge in [0.2, 0.25) is 0 Å². The van der Waals surface area contributed by atoms with E-state index in [1.807, 2.05) is 0 Å². The van der Waals surface area contributed by atoms with Crippen LogP contribution in [0.15, 0.2) is 91.0 Å². The summed E-state index contributed by atoms with van der Waals surface area (Å²) in [6.45, 7) is 0. The number of benzene rings is 5. The molecule has 35 heavy (non-hydrogen) atoms. The monoisotopic (exact) mass is 480 g/mol. The van der Waals surface area contributed by atoms with Gasteiger partial charge in [-0.3, -0.25) is 0 Å². The van der Waals surface area contributed by atoms with Crippen LogP contribution in [0.1, 0.15) is 11.1 Å². The van der Waals surface area contributed by atoms with Gasteiger partial charge in [-0.05, 0) is 55.1 Å². The van der Waals surface area contributed by atoms with Crippen LogP contribution in [-0.2, 0) is 6.42 Å². The number of alkyl halides is 6. The SMILES string of the molecule is C1=Cc2cccc3cccc(c23)C1.FC(F)(F)C(=c1ccc2cccc3cccc1c32)C(F)(F)F. The topological polar surface area (TPSA) is 0 Å². The minimum Gasteiger partial charge on any atom is -0.166 e. The van der Waals surface area contributed by atoms with Crippen LogP contribution < -0.4 is 5.22 Å². The molecule has 176 valence electrons. The van der Waals surface area contributed by atoms with Gasteiger partial charge in [-0.25, -0.2) is 0 Å². The van der Waals surface area contributed by atoms with Gasteiger partial charge in [-0.2, -0.15) is 26.3 Å². The lowest BCUT2D eigenvalue weighted by molar-refractivity contribution is -0.138. The molecule has 0 unspecified atom stereocenters. The highest BCUT2D eigenvalue weighted by Crippen LogP contribution is 2.40. The van der Waals surface area contributed by atoms with Crippen LogP contribution in [0.25, 0.3) is 44.0 Å². The third kappa shape index (κ3) is 4.25. The second-order valence-electron chi connectivity index (χ2n) is 8.34. The molecule has 0 bridgehead atoms. The van der Waals surface area contributed by atoms with E-state index in [2.05, 4.69) is 48.6 Å². The Bertz CT molecular complexity index is 1590. The van der Waals surface area contributed by atoms with Crippen molar-refractivity contribution in [2.24, 2.45) is 0 Å². The molecular weight excluding hydrogens is 462 g/mol. The quantitative estimate of drug-likeness (QED) is 0.195. The van der Waals surface area contributed by atoms with Crippen LogP contribution in [-0.4, -0.2) is 12.4 Å². The van der Waals surface area contributed by atoms with E-state index < -0.39 is 23.1 Å². The molecule has 0 amide bonds. The van der Waals surface area contributed by atoms with Crippen molar-refractivity contribution in [3.8, 4) is 0 Å². The highest BCUT2D eigenvalue weighted by molar-refractivity contribution is 6.10. The molecule has 0 fully saturated rings. The molecule has 1 aliphatic rings. The molecule has 6 rings (SSSR count). The maximum Gasteiger partial charge on any atom is 0.421 e. The number of rotatable bonds is 0. The highest BCUT2D eigenvalue weighted by Gasteiger charge is 2.51. The molecule has 1 aliphatic carbocycles. The predicted octanol–water partition coefficient (Wildman–Crippen LogP) is 8.40. The van der Waals surface area contributed by atoms with Gasteiger partial charge in [0.05, 0.1) is 0 Å². The Labute approximate surface area is 196 Å². The lowest BCUT2D eigenvalue weighted by atomic mass is 9.93. The third-order valence-electron chi connectivity index (χ3n) is 6.15. The second kappa shape index (κ2) is 8.45. The number of hydrogen-bond donors (Lipinski definition) is 0. The van der Waals surface area contributed by atoms with E-state index in [1.165, 1.54) is 40.1 Å². The van der Waals surface area contributed by atoms with Gasteiger partial charge in [0, 0.05) is 0 Å². The zero-order valence-corrected chi connectivity index (χ0v) is 18.2. The van der Waals surface area contributed by atoms with Crippen molar-refractivity contribution in [2.75, 3.05) is 0 Å². The van der Waals surface area contributed by atoms with E-state index in [9.17, 15) is 26.3 Å². The van der Waals surface area contributed by atoms with E-state index >= 15 is 0 Å². The predicted molar refractivity (Wildman–Crippen MR) is 129 cm³/mol. The van der Waals surface area contributed by atoms with Crippen molar-refractivity contribution in [1.29, 1.82) is 0 Å². The summed E-state index contributed by atoms with van der Waals surface area (Å²) in [6.07, 6.45) is -5.43. The molecule has 6 heteroatoms. The molecule has 0 heterocycles. The lowest BCUT2D eigenvalue weighted by Crippen LogP contribution is -2.31. The Hall–Kier alpha value is -3.80. The van der Waals surface area contributed by atoms with E-state index in [4.69, 9.17) is 0 Å². The van der Waals surface area contributed by atoms with Crippen LogP contribution in [0.5, 0.6) is 0 Å². The van der Waals surface area contributed by atoms with E-state index in [1.54, 1.807) is 24.3 Å². The van der Waals surface area contributed by atoms with Crippen LogP contribution in [0.2, 0.25) is 0 Å². The summed E-state index contributed by atoms with van der Waals surface area (Å²) >= 11 is 0. The molecule has 5 aromatic carbocycles. The van der Waals surface area contributed by atoms with Gasteiger partial charge in [0.1, 0.15) is 5.57 Å². The van der Waals surface area contributed by atoms with E-state index in [0.717, 1.165) is 12.5 Å². The molecule has 0 aliphatic heterocycles. The highest BCUT2D eigenvalue weighted by atomic mass is 19.4. The fourth-order valence-corrected chi connectivity index (χ4v) is 4.75. The smallest absolute Gasteiger partial charge is 0.166 e. The Balaban J connectivity index is 0.000000164. The molecular formula is C29H18F6. The fourth-order valence-electron chi connectivity index (χ4n) is 4.75. The standard InChI is InChI=1S/C16H8F6.C13H10/c17-15(18,19)14(16(20,21)22)12-8-7-10-4-1-3-9-5-2-6-11(12)13(9)10;1-4-10-6-2-8-12-9-3-7-11(5-1)13(10)12/h1-8H;1-8H,9H2. The first-order valence-electron chi connectivity index (χ1n) is 10.9. The molecule has 0 spiro atoms. The summed E-state index contributed by atoms with van der Waals surface area (Å²) < 4.78 is 77.7. The van der Waals surface area contributed by atoms with E-state index in [0.29, 0.717) is 16.2 Å². The Morgan fingerprint density at radius 1 is 0.571 bits per heavy atom. The first-order chi connectivity index (χ1) is 16.6. The summed E-state index contributed by atoms with van der Waals surface area (Å²) in [5.41, 5.74) is 0.341. The zero-order chi connectivity index (χ0) is 24.8. The largest absolute Gasteiger partial charge is 0.421 e. The van der Waals surface area contributed by atoms with Crippen molar-refractivity contribution in [3.63, 3.8) is 0 Å². The first kappa shape index (κ1) is 23.0. The lowest BCUT2D eigenvalue weighted by Gasteiger charge is -2.16. The Kier molecular flexibility index (Phi) is 5.55. The van der Waals surface area contributed by atoms with Gasteiger partial charge in [-0.1, -0.05) is 97.1 Å². The van der Waals surface area contributed by atoms with Gasteiger partial charge in [0.15, 0.2) is 0 Å². The van der Waals surface area contributed by atoms with Gasteiger partial charge >= 0.3 is 12.4 Å². The molecule has 5 aromatic rings. The molecule has 0 nitrogen and oxygen atoms in total. The van der Waals surface area contributed by atoms with E-state index in [-0.39, 0.29) is 5.39 Å². The summed E-state index contributed by atoms with van der Waals surface area (Å²) in [6, 6.07) is 24.6. The Morgan fingerprint density at radius 2 is 1.11 bits per heavy atom. The van der Waals surface area contributed by atoms with Crippen molar-refractivity contribution < 1.29 is 26.3 Å². The van der Waals surface area contributed by atoms with Crippen molar-refractivity contribution in [2.45, 2.75) is 18.8 Å². The summed E-state index contributed by atoms with van der Waals surface area (Å²) in [5.74, 6) is 0. The van der Waals surface area contributed by atoms with Crippen LogP contribution in [0.3, 0.4) is 0 Å². The van der Waals surface area contributed by atoms with Gasteiger partial charge in [-0.15, -0.1) is 0 Å². The minimum atomic E-state index is -5.48. The molecule has 0 saturated heterocycles. The average Bonchev–Trinajstić information content (AvgIpc) is 2.80. The van der Waals surface area contributed by atoms with Crippen LogP contribution in [0.4, 0.5) is 26.3 Å². The van der Waals surface area contributed by atoms with Crippen LogP contribution in [0, 0.1) is 0 Å². The minimum absolute atomic E-state index is 0.0553. The maximum absolute atomic E-state index is 12.9. The first-order valence-corrected chi connectivity index (χ1v) is 10.9. The normalized spacial score (nSPS) is 13.2. The number of allylic oxidation sites excluding steroid dienone is 1.